The summed E-state index contributed by atoms with van der Waals surface area (Å²) in [5.74, 6) is -0.540. The molecular formula is C20H20O5. The van der Waals surface area contributed by atoms with E-state index in [2.05, 4.69) is 0 Å². The zero-order valence-electron chi connectivity index (χ0n) is 14.4. The molecule has 0 aromatic heterocycles. The SMILES string of the molecule is COc1cc(C=CC(=O)OCC(=O)c2cc(C)ccc2C)ccc1O. The molecule has 0 aliphatic carbocycles. The minimum absolute atomic E-state index is 0.0151. The molecule has 0 aliphatic rings. The predicted molar refractivity (Wildman–Crippen MR) is 94.9 cm³/mol. The van der Waals surface area contributed by atoms with Gasteiger partial charge in [-0.15, -0.1) is 0 Å². The van der Waals surface area contributed by atoms with Crippen molar-refractivity contribution in [2.24, 2.45) is 0 Å². The van der Waals surface area contributed by atoms with Gasteiger partial charge in [0.05, 0.1) is 7.11 Å². The number of hydrogen-bond donors (Lipinski definition) is 1. The summed E-state index contributed by atoms with van der Waals surface area (Å²) in [5, 5.41) is 9.53. The molecule has 0 atom stereocenters. The quantitative estimate of drug-likeness (QED) is 0.495. The highest BCUT2D eigenvalue weighted by molar-refractivity contribution is 6.00. The van der Waals surface area contributed by atoms with Crippen molar-refractivity contribution in [2.45, 2.75) is 13.8 Å². The summed E-state index contributed by atoms with van der Waals surface area (Å²) < 4.78 is 10.00. The van der Waals surface area contributed by atoms with E-state index in [0.29, 0.717) is 16.9 Å². The van der Waals surface area contributed by atoms with Crippen LogP contribution < -0.4 is 4.74 Å². The lowest BCUT2D eigenvalue weighted by molar-refractivity contribution is -0.136. The van der Waals surface area contributed by atoms with E-state index in [1.165, 1.54) is 25.3 Å². The van der Waals surface area contributed by atoms with Crippen molar-refractivity contribution in [3.05, 3.63) is 64.7 Å². The number of carbonyl (C=O) groups excluding carboxylic acids is 2. The summed E-state index contributed by atoms with van der Waals surface area (Å²) >= 11 is 0. The van der Waals surface area contributed by atoms with Crippen LogP contribution in [0.1, 0.15) is 27.0 Å². The Balaban J connectivity index is 1.96. The molecule has 2 rings (SSSR count). The van der Waals surface area contributed by atoms with Gasteiger partial charge in [-0.1, -0.05) is 23.8 Å². The first-order valence-corrected chi connectivity index (χ1v) is 7.73. The Labute approximate surface area is 146 Å². The molecule has 1 N–H and O–H groups in total. The number of phenolic OH excluding ortho intramolecular Hbond substituents is 1. The van der Waals surface area contributed by atoms with Crippen LogP contribution >= 0.6 is 0 Å². The van der Waals surface area contributed by atoms with Gasteiger partial charge in [-0.05, 0) is 49.2 Å². The number of Topliss-reactive ketones (excluding diaryl/α,β-unsaturated/α-hetero) is 1. The van der Waals surface area contributed by atoms with Crippen molar-refractivity contribution in [1.29, 1.82) is 0 Å². The van der Waals surface area contributed by atoms with Crippen LogP contribution in [0.2, 0.25) is 0 Å². The Hall–Kier alpha value is -3.08. The Morgan fingerprint density at radius 1 is 1.12 bits per heavy atom. The third-order valence-corrected chi connectivity index (χ3v) is 3.65. The summed E-state index contributed by atoms with van der Waals surface area (Å²) in [7, 11) is 1.44. The van der Waals surface area contributed by atoms with Crippen LogP contribution in [-0.2, 0) is 9.53 Å². The van der Waals surface area contributed by atoms with E-state index in [9.17, 15) is 14.7 Å². The van der Waals surface area contributed by atoms with Gasteiger partial charge < -0.3 is 14.6 Å². The summed E-state index contributed by atoms with van der Waals surface area (Å²) in [6.07, 6.45) is 2.74. The predicted octanol–water partition coefficient (Wildman–Crippen LogP) is 3.46. The molecule has 25 heavy (non-hydrogen) atoms. The van der Waals surface area contributed by atoms with Crippen molar-refractivity contribution in [2.75, 3.05) is 13.7 Å². The number of carbonyl (C=O) groups is 2. The average Bonchev–Trinajstić information content (AvgIpc) is 2.60. The summed E-state index contributed by atoms with van der Waals surface area (Å²) in [5.41, 5.74) is 3.03. The highest BCUT2D eigenvalue weighted by Gasteiger charge is 2.11. The number of phenols is 1. The fourth-order valence-corrected chi connectivity index (χ4v) is 2.26. The van der Waals surface area contributed by atoms with E-state index in [0.717, 1.165) is 11.1 Å². The number of aromatic hydroxyl groups is 1. The van der Waals surface area contributed by atoms with E-state index in [-0.39, 0.29) is 18.1 Å². The van der Waals surface area contributed by atoms with Gasteiger partial charge in [0.25, 0.3) is 0 Å². The lowest BCUT2D eigenvalue weighted by Crippen LogP contribution is -2.13. The van der Waals surface area contributed by atoms with Crippen LogP contribution in [-0.4, -0.2) is 30.6 Å². The molecule has 130 valence electrons. The van der Waals surface area contributed by atoms with Crippen LogP contribution in [0.15, 0.2) is 42.5 Å². The number of rotatable bonds is 6. The number of ether oxygens (including phenoxy) is 2. The number of methoxy groups -OCH3 is 1. The largest absolute Gasteiger partial charge is 0.504 e. The smallest absolute Gasteiger partial charge is 0.331 e. The fourth-order valence-electron chi connectivity index (χ4n) is 2.26. The van der Waals surface area contributed by atoms with Gasteiger partial charge in [0.2, 0.25) is 5.78 Å². The number of esters is 1. The molecule has 0 saturated heterocycles. The van der Waals surface area contributed by atoms with Gasteiger partial charge in [0, 0.05) is 11.6 Å². The van der Waals surface area contributed by atoms with Gasteiger partial charge in [0.15, 0.2) is 18.1 Å². The molecule has 0 amide bonds. The fraction of sp³-hybridized carbons (Fsp3) is 0.200. The molecule has 0 heterocycles. The molecule has 5 nitrogen and oxygen atoms in total. The van der Waals surface area contributed by atoms with Crippen LogP contribution in [0, 0.1) is 13.8 Å². The Morgan fingerprint density at radius 2 is 1.88 bits per heavy atom. The number of ketones is 1. The van der Waals surface area contributed by atoms with Crippen molar-refractivity contribution in [3.63, 3.8) is 0 Å². The van der Waals surface area contributed by atoms with Gasteiger partial charge in [-0.25, -0.2) is 4.79 Å². The minimum Gasteiger partial charge on any atom is -0.504 e. The molecule has 5 heteroatoms. The maximum Gasteiger partial charge on any atom is 0.331 e. The molecule has 0 fully saturated rings. The van der Waals surface area contributed by atoms with Gasteiger partial charge in [-0.3, -0.25) is 4.79 Å². The maximum absolute atomic E-state index is 12.2. The van der Waals surface area contributed by atoms with E-state index >= 15 is 0 Å². The van der Waals surface area contributed by atoms with Crippen molar-refractivity contribution in [3.8, 4) is 11.5 Å². The molecule has 0 aliphatic heterocycles. The summed E-state index contributed by atoms with van der Waals surface area (Å²) in [6, 6.07) is 10.2. The monoisotopic (exact) mass is 340 g/mol. The molecule has 0 saturated carbocycles. The second kappa shape index (κ2) is 8.15. The Kier molecular flexibility index (Phi) is 5.95. The third-order valence-electron chi connectivity index (χ3n) is 3.65. The number of hydrogen-bond acceptors (Lipinski definition) is 5. The van der Waals surface area contributed by atoms with E-state index in [1.54, 1.807) is 18.2 Å². The molecule has 0 spiro atoms. The lowest BCUT2D eigenvalue weighted by Gasteiger charge is -2.06. The van der Waals surface area contributed by atoms with Gasteiger partial charge in [0.1, 0.15) is 0 Å². The first kappa shape index (κ1) is 18.3. The van der Waals surface area contributed by atoms with E-state index in [4.69, 9.17) is 9.47 Å². The first-order chi connectivity index (χ1) is 11.9. The number of benzene rings is 2. The summed E-state index contributed by atoms with van der Waals surface area (Å²) in [4.78, 5) is 24.0. The Morgan fingerprint density at radius 3 is 2.60 bits per heavy atom. The van der Waals surface area contributed by atoms with Gasteiger partial charge >= 0.3 is 5.97 Å². The van der Waals surface area contributed by atoms with E-state index < -0.39 is 5.97 Å². The second-order valence-corrected chi connectivity index (χ2v) is 5.61. The Bertz CT molecular complexity index is 821. The van der Waals surface area contributed by atoms with E-state index in [1.807, 2.05) is 26.0 Å². The first-order valence-electron chi connectivity index (χ1n) is 7.73. The molecule has 2 aromatic carbocycles. The maximum atomic E-state index is 12.2. The minimum atomic E-state index is -0.620. The van der Waals surface area contributed by atoms with Crippen molar-refractivity contribution in [1.82, 2.24) is 0 Å². The lowest BCUT2D eigenvalue weighted by atomic mass is 10.0. The molecule has 0 bridgehead atoms. The third kappa shape index (κ3) is 4.94. The molecule has 0 unspecified atom stereocenters. The summed E-state index contributed by atoms with van der Waals surface area (Å²) in [6.45, 7) is 3.43. The molecule has 0 radical (unpaired) electrons. The average molecular weight is 340 g/mol. The highest BCUT2D eigenvalue weighted by Crippen LogP contribution is 2.26. The zero-order valence-corrected chi connectivity index (χ0v) is 14.4. The highest BCUT2D eigenvalue weighted by atomic mass is 16.5. The molecule has 2 aromatic rings. The normalized spacial score (nSPS) is 10.7. The topological polar surface area (TPSA) is 72.8 Å². The van der Waals surface area contributed by atoms with Crippen molar-refractivity contribution >= 4 is 17.8 Å². The van der Waals surface area contributed by atoms with Crippen LogP contribution in [0.3, 0.4) is 0 Å². The standard InChI is InChI=1S/C20H20O5/c1-13-4-5-14(2)16(10-13)18(22)12-25-20(23)9-7-15-6-8-17(21)19(11-15)24-3/h4-11,21H,12H2,1-3H3. The molecular weight excluding hydrogens is 320 g/mol. The van der Waals surface area contributed by atoms with Gasteiger partial charge in [-0.2, -0.15) is 0 Å². The van der Waals surface area contributed by atoms with Crippen LogP contribution in [0.25, 0.3) is 6.08 Å². The second-order valence-electron chi connectivity index (χ2n) is 5.61. The zero-order chi connectivity index (χ0) is 18.4. The van der Waals surface area contributed by atoms with Crippen molar-refractivity contribution < 1.29 is 24.2 Å². The number of aryl methyl sites for hydroxylation is 2. The van der Waals surface area contributed by atoms with Crippen LogP contribution in [0.4, 0.5) is 0 Å². The van der Waals surface area contributed by atoms with Crippen LogP contribution in [0.5, 0.6) is 11.5 Å².